The van der Waals surface area contributed by atoms with E-state index < -0.39 is 0 Å². The van der Waals surface area contributed by atoms with E-state index in [1.165, 1.54) is 7.06 Å². The molecule has 0 aliphatic rings. The molecule has 0 saturated carbocycles. The van der Waals surface area contributed by atoms with Crippen LogP contribution in [0.2, 0.25) is 0 Å². The molecule has 0 aromatic carbocycles. The first-order valence-electron chi connectivity index (χ1n) is 22.3. The largest absolute Gasteiger partial charge is 0.0593 e. The van der Waals surface area contributed by atoms with Crippen molar-refractivity contribution in [1.29, 1.82) is 0 Å². The SMILES string of the molecule is BBB(B(B)B)B(B(B)B)B(B(B(B)B)B(B)B)B(B(B(B(B)B)B(B)B)B(B(B)B)B(B)B)B(B(B(B)B)B(B)B)B(B(B)B)B(B)B. The molecule has 0 fully saturated rings. The molecule has 0 aromatic rings. The molecule has 0 nitrogen and oxygen atoms in total. The Kier molecular flexibility index (Phi) is 25.6. The van der Waals surface area contributed by atoms with Gasteiger partial charge in [-0.3, -0.25) is 0 Å². The fourth-order valence-electron chi connectivity index (χ4n) is 13.8. The second kappa shape index (κ2) is 24.1. The van der Waals surface area contributed by atoms with Gasteiger partial charge < -0.3 is 0 Å². The predicted molar refractivity (Wildman–Crippen MR) is 353 cm³/mol. The molecule has 0 unspecified atom stereocenters. The molecule has 49 heteroatoms. The number of hydrogen-bond donors (Lipinski definition) is 0. The zero-order valence-electron chi connectivity index (χ0n) is 39.0. The van der Waals surface area contributed by atoms with Gasteiger partial charge in [0.05, 0.1) is 193 Å². The van der Waals surface area contributed by atoms with Gasteiger partial charge >= 0.3 is 0 Å². The van der Waals surface area contributed by atoms with Gasteiger partial charge in [-0.15, -0.1) is 0 Å². The average molecular weight is 581 g/mol. The molecule has 0 bridgehead atoms. The Balaban J connectivity index is 9.41. The van der Waals surface area contributed by atoms with Crippen molar-refractivity contribution in [3.8, 4) is 0 Å². The molecule has 0 radical (unpaired) electrons. The summed E-state index contributed by atoms with van der Waals surface area (Å²) in [7, 11) is 66.3. The van der Waals surface area contributed by atoms with E-state index in [2.05, 4.69) is 193 Å². The summed E-state index contributed by atoms with van der Waals surface area (Å²) >= 11 is 0. The molecule has 0 atom stereocenters. The normalized spacial score (nSPS) is 9.63. The van der Waals surface area contributed by atoms with E-state index in [1.807, 2.05) is 0 Å². The second-order valence-electron chi connectivity index (χ2n) is 21.8. The Morgan fingerprint density at radius 3 is 0.449 bits per heavy atom. The van der Waals surface area contributed by atoms with Crippen LogP contribution < -0.4 is 0 Å². The maximum atomic E-state index is 2.64. The summed E-state index contributed by atoms with van der Waals surface area (Å²) in [4.78, 5) is 0. The Hall–Kier alpha value is 3.18. The molecule has 198 valence electrons. The Morgan fingerprint density at radius 2 is 0.327 bits per heavy atom. The van der Waals surface area contributed by atoms with Gasteiger partial charge in [0.15, 0.2) is 0 Å². The third-order valence-corrected chi connectivity index (χ3v) is 14.3. The Morgan fingerprint density at radius 1 is 0.184 bits per heavy atom. The highest BCUT2D eigenvalue weighted by atomic mass is 13.4. The molecule has 49 heavy (non-hydrogen) atoms. The van der Waals surface area contributed by atoms with Gasteiger partial charge in [0.1, 0.15) is 0 Å². The van der Waals surface area contributed by atoms with Crippen molar-refractivity contribution in [2.75, 3.05) is 0 Å². The summed E-state index contributed by atoms with van der Waals surface area (Å²) in [6.45, 7) is 0. The topological polar surface area (TPSA) is 0 Å². The van der Waals surface area contributed by atoms with Crippen LogP contribution in [0.25, 0.3) is 0 Å². The molecule has 0 aliphatic carbocycles. The maximum absolute atomic E-state index is 2.64. The molecule has 0 saturated heterocycles. The van der Waals surface area contributed by atoms with E-state index >= 15 is 0 Å². The Bertz CT molecular complexity index is 710. The minimum atomic E-state index is 0.668. The molecule has 0 N–H and O–H groups in total. The summed E-state index contributed by atoms with van der Waals surface area (Å²) in [5.41, 5.74) is 0. The van der Waals surface area contributed by atoms with Crippen LogP contribution in [0.5, 0.6) is 0 Å². The summed E-state index contributed by atoms with van der Waals surface area (Å²) in [6, 6.07) is 0. The molecular weight excluding hydrogens is 530 g/mol. The van der Waals surface area contributed by atoms with Crippen molar-refractivity contribution >= 4 is 347 Å². The summed E-state index contributed by atoms with van der Waals surface area (Å²) in [6.07, 6.45) is 15.8. The average Bonchev–Trinajstić information content (AvgIpc) is 2.88. The van der Waals surface area contributed by atoms with Crippen molar-refractivity contribution in [3.05, 3.63) is 0 Å². The van der Waals surface area contributed by atoms with Gasteiger partial charge in [0.25, 0.3) is 0 Å². The fourth-order valence-corrected chi connectivity index (χ4v) is 13.8. The van der Waals surface area contributed by atoms with E-state index in [4.69, 9.17) is 0 Å². The third kappa shape index (κ3) is 14.3. The molecule has 0 heterocycles. The van der Waals surface area contributed by atoms with Gasteiger partial charge in [0.2, 0.25) is 0 Å². The van der Waals surface area contributed by atoms with Crippen LogP contribution in [0.1, 0.15) is 0 Å². The van der Waals surface area contributed by atoms with Crippen LogP contribution in [0.15, 0.2) is 0 Å². The molecule has 0 rings (SSSR count). The van der Waals surface area contributed by atoms with Crippen molar-refractivity contribution in [2.24, 2.45) is 0 Å². The van der Waals surface area contributed by atoms with Crippen molar-refractivity contribution < 1.29 is 0 Å². The van der Waals surface area contributed by atoms with Crippen LogP contribution in [0.3, 0.4) is 0 Å². The third-order valence-electron chi connectivity index (χ3n) is 14.3. The Labute approximate surface area is 344 Å². The van der Waals surface area contributed by atoms with Crippen LogP contribution in [-0.4, -0.2) is 347 Å². The lowest BCUT2D eigenvalue weighted by Gasteiger charge is -2.56. The highest BCUT2D eigenvalue weighted by Crippen LogP contribution is 2.21. The van der Waals surface area contributed by atoms with E-state index in [1.54, 1.807) is 0 Å². The summed E-state index contributed by atoms with van der Waals surface area (Å²) in [5.74, 6) is 0. The highest BCUT2D eigenvalue weighted by Gasteiger charge is 2.60. The van der Waals surface area contributed by atoms with Crippen LogP contribution >= 0.6 is 0 Å². The van der Waals surface area contributed by atoms with Gasteiger partial charge in [-0.25, -0.2) is 0 Å². The first-order chi connectivity index (χ1) is 22.3. The standard InChI is InChI=1S/B49H51/c1-26-39(27(2)3)45(38(24)25)48(44(36(20)21)37(22)23)49(46(40(28(4)5)29(6)7)41(30(8)9)31(10)11)47(42(32(12)13)33(14)15)43(34(16)17)35(18)19/h26H,1-25H2. The highest BCUT2D eigenvalue weighted by molar-refractivity contribution is 8.35. The minimum Gasteiger partial charge on any atom is 0.0000102 e. The van der Waals surface area contributed by atoms with Gasteiger partial charge in [0, 0.05) is 154 Å². The lowest BCUT2D eigenvalue weighted by molar-refractivity contribution is 3.19. The second-order valence-corrected chi connectivity index (χ2v) is 21.8. The molecule has 0 aliphatic heterocycles. The van der Waals surface area contributed by atoms with Crippen molar-refractivity contribution in [2.45, 2.75) is 0 Å². The number of rotatable bonds is 23. The van der Waals surface area contributed by atoms with Crippen LogP contribution in [-0.2, 0) is 0 Å². The lowest BCUT2D eigenvalue weighted by atomic mass is 8.25. The van der Waals surface area contributed by atoms with Gasteiger partial charge in [-0.1, -0.05) is 0 Å². The van der Waals surface area contributed by atoms with Crippen LogP contribution in [0, 0.1) is 0 Å². The predicted octanol–water partition coefficient (Wildman–Crippen LogP) is -32.3. The number of hydrogen-bond acceptors (Lipinski definition) is 0. The first kappa shape index (κ1) is 52.2. The quantitative estimate of drug-likeness (QED) is 0.105. The van der Waals surface area contributed by atoms with E-state index in [-0.39, 0.29) is 0 Å². The molecule has 0 amide bonds. The van der Waals surface area contributed by atoms with Gasteiger partial charge in [-0.05, 0) is 0 Å². The lowest BCUT2D eigenvalue weighted by Crippen LogP contribution is -2.95. The zero-order chi connectivity index (χ0) is 39.0. The smallest absolute Gasteiger partial charge is 0.0000102 e. The first-order valence-corrected chi connectivity index (χ1v) is 22.3. The van der Waals surface area contributed by atoms with E-state index in [0.29, 0.717) is 134 Å². The molecule has 0 spiro atoms. The molecule has 0 aromatic heterocycles. The minimum absolute atomic E-state index is 0.668. The van der Waals surface area contributed by atoms with E-state index in [9.17, 15) is 0 Å². The van der Waals surface area contributed by atoms with Crippen molar-refractivity contribution in [1.82, 2.24) is 0 Å². The molecular formula is H51B49. The van der Waals surface area contributed by atoms with Gasteiger partial charge in [-0.2, -0.15) is 0 Å². The fraction of sp³-hybridized carbons (Fsp3) is 0. The van der Waals surface area contributed by atoms with Crippen LogP contribution in [0.4, 0.5) is 0 Å². The van der Waals surface area contributed by atoms with E-state index in [0.717, 1.165) is 12.8 Å². The monoisotopic (exact) mass is 591 g/mol. The summed E-state index contributed by atoms with van der Waals surface area (Å²) < 4.78 is 0. The maximum Gasteiger partial charge on any atom is 0.0593 e. The summed E-state index contributed by atoms with van der Waals surface area (Å²) in [5, 5.41) is 0. The van der Waals surface area contributed by atoms with Crippen molar-refractivity contribution in [3.63, 3.8) is 0 Å². The zero-order valence-corrected chi connectivity index (χ0v) is 39.0.